The molecule has 1 saturated heterocycles. The minimum absolute atomic E-state index is 0.0201. The first-order valence-electron chi connectivity index (χ1n) is 3.71. The lowest BCUT2D eigenvalue weighted by Crippen LogP contribution is -2.30. The van der Waals surface area contributed by atoms with E-state index in [1.165, 1.54) is 6.42 Å². The fourth-order valence-electron chi connectivity index (χ4n) is 1.17. The van der Waals surface area contributed by atoms with Gasteiger partial charge in [-0.3, -0.25) is 0 Å². The van der Waals surface area contributed by atoms with E-state index in [-0.39, 0.29) is 18.1 Å². The molecule has 2 atom stereocenters. The van der Waals surface area contributed by atoms with Crippen LogP contribution in [0.3, 0.4) is 0 Å². The Morgan fingerprint density at radius 2 is 2.40 bits per heavy atom. The van der Waals surface area contributed by atoms with Crippen LogP contribution >= 0.6 is 11.6 Å². The molecule has 0 bridgehead atoms. The van der Waals surface area contributed by atoms with Gasteiger partial charge in [-0.15, -0.1) is 11.6 Å². The fraction of sp³-hybridized carbons (Fsp3) is 1.00. The Kier molecular flexibility index (Phi) is 3.46. The quantitative estimate of drug-likeness (QED) is 0.621. The molecule has 0 aromatic rings. The van der Waals surface area contributed by atoms with Gasteiger partial charge in [0.25, 0.3) is 0 Å². The van der Waals surface area contributed by atoms with Gasteiger partial charge in [0.05, 0.1) is 18.1 Å². The van der Waals surface area contributed by atoms with Gasteiger partial charge in [0.15, 0.2) is 0 Å². The summed E-state index contributed by atoms with van der Waals surface area (Å²) in [6.45, 7) is 0.820. The highest BCUT2D eigenvalue weighted by Gasteiger charge is 2.21. The summed E-state index contributed by atoms with van der Waals surface area (Å²) in [6, 6.07) is 0. The van der Waals surface area contributed by atoms with Crippen LogP contribution in [0.1, 0.15) is 19.3 Å². The molecule has 1 N–H and O–H groups in total. The van der Waals surface area contributed by atoms with Crippen LogP contribution in [0.4, 0.5) is 0 Å². The topological polar surface area (TPSA) is 29.5 Å². The number of hydrogen-bond donors (Lipinski definition) is 1. The predicted octanol–water partition coefficient (Wildman–Crippen LogP) is 1.16. The molecule has 1 rings (SSSR count). The van der Waals surface area contributed by atoms with E-state index >= 15 is 0 Å². The van der Waals surface area contributed by atoms with Gasteiger partial charge < -0.3 is 9.84 Å². The summed E-state index contributed by atoms with van der Waals surface area (Å²) in [5.41, 5.74) is 0. The molecule has 0 saturated carbocycles. The molecule has 1 fully saturated rings. The van der Waals surface area contributed by atoms with Gasteiger partial charge in [-0.2, -0.15) is 0 Å². The summed E-state index contributed by atoms with van der Waals surface area (Å²) in [7, 11) is 0. The van der Waals surface area contributed by atoms with Gasteiger partial charge >= 0.3 is 0 Å². The Morgan fingerprint density at radius 1 is 1.60 bits per heavy atom. The van der Waals surface area contributed by atoms with Crippen molar-refractivity contribution in [2.75, 3.05) is 13.2 Å². The summed E-state index contributed by atoms with van der Waals surface area (Å²) in [5, 5.41) is 8.47. The molecule has 1 heterocycles. The second kappa shape index (κ2) is 4.16. The first-order valence-corrected chi connectivity index (χ1v) is 4.15. The van der Waals surface area contributed by atoms with E-state index in [9.17, 15) is 0 Å². The largest absolute Gasteiger partial charge is 0.395 e. The maximum absolute atomic E-state index is 8.68. The Morgan fingerprint density at radius 3 is 2.90 bits per heavy atom. The van der Waals surface area contributed by atoms with Crippen LogP contribution in [-0.4, -0.2) is 29.8 Å². The predicted molar refractivity (Wildman–Crippen MR) is 40.3 cm³/mol. The van der Waals surface area contributed by atoms with Crippen molar-refractivity contribution in [1.29, 1.82) is 0 Å². The van der Waals surface area contributed by atoms with Crippen LogP contribution in [0, 0.1) is 0 Å². The van der Waals surface area contributed by atoms with E-state index in [1.807, 2.05) is 0 Å². The summed E-state index contributed by atoms with van der Waals surface area (Å²) in [4.78, 5) is 0. The maximum Gasteiger partial charge on any atom is 0.0828 e. The van der Waals surface area contributed by atoms with Crippen molar-refractivity contribution in [3.63, 3.8) is 0 Å². The third-order valence-electron chi connectivity index (χ3n) is 1.79. The monoisotopic (exact) mass is 164 g/mol. The number of hydrogen-bond acceptors (Lipinski definition) is 2. The van der Waals surface area contributed by atoms with E-state index < -0.39 is 0 Å². The van der Waals surface area contributed by atoms with Crippen molar-refractivity contribution < 1.29 is 9.84 Å². The van der Waals surface area contributed by atoms with Crippen molar-refractivity contribution >= 4 is 11.6 Å². The van der Waals surface area contributed by atoms with E-state index in [2.05, 4.69) is 0 Å². The molecule has 0 aliphatic carbocycles. The summed E-state index contributed by atoms with van der Waals surface area (Å²) in [5.74, 6) is 0. The number of alkyl halides is 1. The van der Waals surface area contributed by atoms with Gasteiger partial charge in [0.1, 0.15) is 0 Å². The zero-order chi connectivity index (χ0) is 7.40. The third-order valence-corrected chi connectivity index (χ3v) is 2.21. The lowest BCUT2D eigenvalue weighted by Gasteiger charge is -2.25. The second-order valence-corrected chi connectivity index (χ2v) is 3.16. The Balaban J connectivity index is 2.24. The molecule has 0 amide bonds. The molecule has 2 unspecified atom stereocenters. The van der Waals surface area contributed by atoms with E-state index in [4.69, 9.17) is 21.4 Å². The van der Waals surface area contributed by atoms with Crippen molar-refractivity contribution in [3.8, 4) is 0 Å². The standard InChI is InChI=1S/C7H13ClO2/c8-6(5-9)7-3-1-2-4-10-7/h6-7,9H,1-5H2. The molecular weight excluding hydrogens is 152 g/mol. The number of aliphatic hydroxyl groups excluding tert-OH is 1. The fourth-order valence-corrected chi connectivity index (χ4v) is 1.37. The summed E-state index contributed by atoms with van der Waals surface area (Å²) in [6.07, 6.45) is 3.38. The number of halogens is 1. The molecule has 0 radical (unpaired) electrons. The molecule has 1 aliphatic rings. The molecule has 3 heteroatoms. The third kappa shape index (κ3) is 2.11. The average Bonchev–Trinajstić information content (AvgIpc) is 2.05. The Bertz CT molecular complexity index is 91.6. The van der Waals surface area contributed by atoms with E-state index in [0.29, 0.717) is 0 Å². The van der Waals surface area contributed by atoms with E-state index in [0.717, 1.165) is 19.4 Å². The minimum atomic E-state index is -0.208. The van der Waals surface area contributed by atoms with Crippen LogP contribution in [0.25, 0.3) is 0 Å². The zero-order valence-electron chi connectivity index (χ0n) is 5.92. The average molecular weight is 165 g/mol. The SMILES string of the molecule is OCC(Cl)C1CCCCO1. The zero-order valence-corrected chi connectivity index (χ0v) is 6.68. The molecule has 0 aromatic carbocycles. The second-order valence-electron chi connectivity index (χ2n) is 2.60. The van der Waals surface area contributed by atoms with Crippen LogP contribution in [0.5, 0.6) is 0 Å². The molecule has 60 valence electrons. The van der Waals surface area contributed by atoms with Gasteiger partial charge in [-0.25, -0.2) is 0 Å². The van der Waals surface area contributed by atoms with E-state index in [1.54, 1.807) is 0 Å². The molecule has 10 heavy (non-hydrogen) atoms. The highest BCUT2D eigenvalue weighted by Crippen LogP contribution is 2.18. The van der Waals surface area contributed by atoms with Crippen LogP contribution in [0.2, 0.25) is 0 Å². The van der Waals surface area contributed by atoms with Gasteiger partial charge in [-0.05, 0) is 19.3 Å². The minimum Gasteiger partial charge on any atom is -0.395 e. The van der Waals surface area contributed by atoms with Crippen molar-refractivity contribution in [1.82, 2.24) is 0 Å². The summed E-state index contributed by atoms with van der Waals surface area (Å²) >= 11 is 5.77. The first kappa shape index (κ1) is 8.31. The normalized spacial score (nSPS) is 30.0. The van der Waals surface area contributed by atoms with Crippen molar-refractivity contribution in [2.24, 2.45) is 0 Å². The highest BCUT2D eigenvalue weighted by atomic mass is 35.5. The highest BCUT2D eigenvalue weighted by molar-refractivity contribution is 6.21. The first-order chi connectivity index (χ1) is 4.84. The van der Waals surface area contributed by atoms with Crippen LogP contribution in [-0.2, 0) is 4.74 Å². The number of ether oxygens (including phenoxy) is 1. The number of rotatable bonds is 2. The van der Waals surface area contributed by atoms with Crippen molar-refractivity contribution in [2.45, 2.75) is 30.7 Å². The molecule has 2 nitrogen and oxygen atoms in total. The van der Waals surface area contributed by atoms with Crippen molar-refractivity contribution in [3.05, 3.63) is 0 Å². The molecule has 1 aliphatic heterocycles. The lowest BCUT2D eigenvalue weighted by molar-refractivity contribution is 0.00508. The van der Waals surface area contributed by atoms with Crippen LogP contribution in [0.15, 0.2) is 0 Å². The molecule has 0 aromatic heterocycles. The van der Waals surface area contributed by atoms with Crippen LogP contribution < -0.4 is 0 Å². The summed E-state index contributed by atoms with van der Waals surface area (Å²) < 4.78 is 5.34. The van der Waals surface area contributed by atoms with Gasteiger partial charge in [-0.1, -0.05) is 0 Å². The Hall–Kier alpha value is 0.210. The number of aliphatic hydroxyl groups is 1. The maximum atomic E-state index is 8.68. The van der Waals surface area contributed by atoms with Gasteiger partial charge in [0, 0.05) is 6.61 Å². The van der Waals surface area contributed by atoms with Gasteiger partial charge in [0.2, 0.25) is 0 Å². The smallest absolute Gasteiger partial charge is 0.0828 e. The molecule has 0 spiro atoms. The lowest BCUT2D eigenvalue weighted by atomic mass is 10.1. The Labute approximate surface area is 66.1 Å². The molecular formula is C7H13ClO2.